The molecule has 82 heavy (non-hydrogen) atoms. The second kappa shape index (κ2) is 64.7. The summed E-state index contributed by atoms with van der Waals surface area (Å²) in [6, 6.07) is -0.884. The number of phosphoric ester groups is 1. The van der Waals surface area contributed by atoms with Crippen molar-refractivity contribution in [3.8, 4) is 0 Å². The minimum Gasteiger partial charge on any atom is -0.756 e. The van der Waals surface area contributed by atoms with Crippen LogP contribution >= 0.6 is 7.82 Å². The van der Waals surface area contributed by atoms with Crippen molar-refractivity contribution in [1.29, 1.82) is 0 Å². The normalized spacial score (nSPS) is 13.6. The number of allylic oxidation sites excluding steroid dienone is 1. The van der Waals surface area contributed by atoms with Crippen molar-refractivity contribution in [2.24, 2.45) is 0 Å². The lowest BCUT2D eigenvalue weighted by Crippen LogP contribution is -2.45. The Balaban J connectivity index is 3.99. The van der Waals surface area contributed by atoms with Gasteiger partial charge in [0, 0.05) is 6.42 Å². The van der Waals surface area contributed by atoms with E-state index in [1.807, 2.05) is 27.2 Å². The van der Waals surface area contributed by atoms with E-state index < -0.39 is 20.0 Å². The number of aliphatic hydroxyl groups is 1. The van der Waals surface area contributed by atoms with E-state index in [1.165, 1.54) is 340 Å². The average Bonchev–Trinajstić information content (AvgIpc) is 3.47. The number of nitrogens with one attached hydrogen (secondary N) is 1. The first-order chi connectivity index (χ1) is 40.0. The van der Waals surface area contributed by atoms with Crippen LogP contribution < -0.4 is 10.2 Å². The van der Waals surface area contributed by atoms with Crippen LogP contribution in [0.4, 0.5) is 0 Å². The topological polar surface area (TPSA) is 108 Å². The monoisotopic (exact) mass is 1180 g/mol. The lowest BCUT2D eigenvalue weighted by molar-refractivity contribution is -0.870. The minimum atomic E-state index is -4.60. The number of aliphatic hydroxyl groups excluding tert-OH is 1. The highest BCUT2D eigenvalue weighted by Gasteiger charge is 2.23. The largest absolute Gasteiger partial charge is 0.756 e. The Morgan fingerprint density at radius 2 is 0.659 bits per heavy atom. The number of amides is 1. The third-order valence-corrected chi connectivity index (χ3v) is 18.5. The van der Waals surface area contributed by atoms with E-state index in [0.717, 1.165) is 38.5 Å². The van der Waals surface area contributed by atoms with E-state index >= 15 is 0 Å². The highest BCUT2D eigenvalue weighted by atomic mass is 31.2. The molecule has 0 rings (SSSR count). The van der Waals surface area contributed by atoms with E-state index in [9.17, 15) is 19.4 Å². The number of carbonyl (C=O) groups excluding carboxylic acids is 1. The molecule has 0 saturated carbocycles. The third-order valence-electron chi connectivity index (χ3n) is 17.5. The van der Waals surface area contributed by atoms with Crippen LogP contribution in [0, 0.1) is 0 Å². The molecule has 2 N–H and O–H groups in total. The van der Waals surface area contributed by atoms with Gasteiger partial charge in [0.1, 0.15) is 13.2 Å². The summed E-state index contributed by atoms with van der Waals surface area (Å²) < 4.78 is 23.5. The van der Waals surface area contributed by atoms with Crippen molar-refractivity contribution in [2.45, 2.75) is 411 Å². The van der Waals surface area contributed by atoms with Crippen LogP contribution in [-0.2, 0) is 18.4 Å². The molecular formula is C73H147N2O6P. The van der Waals surface area contributed by atoms with E-state index in [1.54, 1.807) is 6.08 Å². The van der Waals surface area contributed by atoms with E-state index in [-0.39, 0.29) is 19.1 Å². The summed E-state index contributed by atoms with van der Waals surface area (Å²) in [5.41, 5.74) is 0. The van der Waals surface area contributed by atoms with Crippen LogP contribution in [0.15, 0.2) is 12.2 Å². The van der Waals surface area contributed by atoms with Gasteiger partial charge in [0.15, 0.2) is 0 Å². The number of rotatable bonds is 70. The fourth-order valence-corrected chi connectivity index (χ4v) is 12.5. The summed E-state index contributed by atoms with van der Waals surface area (Å²) in [4.78, 5) is 25.7. The second-order valence-electron chi connectivity index (χ2n) is 27.0. The Morgan fingerprint density at radius 1 is 0.415 bits per heavy atom. The summed E-state index contributed by atoms with van der Waals surface area (Å²) in [5.74, 6) is -0.186. The zero-order valence-electron chi connectivity index (χ0n) is 56.2. The number of hydrogen-bond donors (Lipinski definition) is 2. The Kier molecular flexibility index (Phi) is 64.1. The first-order valence-corrected chi connectivity index (χ1v) is 38.5. The molecule has 0 aromatic rings. The minimum absolute atomic E-state index is 0.00309. The molecule has 3 unspecified atom stereocenters. The highest BCUT2D eigenvalue weighted by Crippen LogP contribution is 2.38. The van der Waals surface area contributed by atoms with Gasteiger partial charge in [-0.15, -0.1) is 0 Å². The molecule has 0 aromatic heterocycles. The maximum Gasteiger partial charge on any atom is 0.268 e. The van der Waals surface area contributed by atoms with Crippen LogP contribution in [0.5, 0.6) is 0 Å². The Hall–Kier alpha value is -0.760. The first-order valence-electron chi connectivity index (χ1n) is 37.1. The number of quaternary nitrogens is 1. The van der Waals surface area contributed by atoms with Gasteiger partial charge in [-0.05, 0) is 19.3 Å². The van der Waals surface area contributed by atoms with Crippen molar-refractivity contribution in [3.05, 3.63) is 12.2 Å². The fourth-order valence-electron chi connectivity index (χ4n) is 11.7. The Labute approximate surface area is 513 Å². The predicted octanol–water partition coefficient (Wildman–Crippen LogP) is 23.0. The quantitative estimate of drug-likeness (QED) is 0.0272. The molecular weight excluding hydrogens is 1030 g/mol. The standard InChI is InChI=1S/C73H147N2O6P/c1-6-8-10-12-14-16-18-20-22-24-26-28-30-32-34-36-37-38-39-40-42-44-46-48-50-52-54-56-58-60-62-64-66-72(76)71(70-81-82(78,79)80-69-68-75(3,4)5)74-73(77)67-65-63-61-59-57-55-53-51-49-47-45-43-41-35-33-31-29-27-25-23-21-19-17-15-13-11-9-7-2/h64,66,71-72,76H,6-63,65,67-70H2,1-5H3,(H-,74,77,78,79)/b66-64+. The number of phosphoric acid groups is 1. The maximum atomic E-state index is 13.0. The van der Waals surface area contributed by atoms with E-state index in [4.69, 9.17) is 9.05 Å². The van der Waals surface area contributed by atoms with Crippen molar-refractivity contribution in [1.82, 2.24) is 5.32 Å². The van der Waals surface area contributed by atoms with Gasteiger partial charge in [0.25, 0.3) is 7.82 Å². The first kappa shape index (κ1) is 81.2. The Morgan fingerprint density at radius 3 is 0.915 bits per heavy atom. The zero-order chi connectivity index (χ0) is 59.8. The Bertz CT molecular complexity index is 1340. The molecule has 8 nitrogen and oxygen atoms in total. The van der Waals surface area contributed by atoms with Crippen LogP contribution in [0.1, 0.15) is 399 Å². The number of nitrogens with zero attached hydrogens (tertiary/aromatic N) is 1. The van der Waals surface area contributed by atoms with Crippen molar-refractivity contribution >= 4 is 13.7 Å². The molecule has 0 radical (unpaired) electrons. The van der Waals surface area contributed by atoms with Gasteiger partial charge in [-0.2, -0.15) is 0 Å². The molecule has 0 aromatic carbocycles. The molecule has 1 amide bonds. The number of unbranched alkanes of at least 4 members (excludes halogenated alkanes) is 57. The molecule has 3 atom stereocenters. The smallest absolute Gasteiger partial charge is 0.268 e. The van der Waals surface area contributed by atoms with Crippen molar-refractivity contribution in [2.75, 3.05) is 40.9 Å². The summed E-state index contributed by atoms with van der Waals surface area (Å²) in [5, 5.41) is 14.0. The zero-order valence-corrected chi connectivity index (χ0v) is 57.1. The molecule has 0 saturated heterocycles. The molecule has 0 aliphatic rings. The summed E-state index contributed by atoms with van der Waals surface area (Å²) in [6.45, 7) is 4.73. The van der Waals surface area contributed by atoms with Crippen LogP contribution in [0.3, 0.4) is 0 Å². The van der Waals surface area contributed by atoms with Gasteiger partial charge >= 0.3 is 0 Å². The van der Waals surface area contributed by atoms with Crippen LogP contribution in [0.2, 0.25) is 0 Å². The molecule has 0 aliphatic carbocycles. The third kappa shape index (κ3) is 66.8. The lowest BCUT2D eigenvalue weighted by atomic mass is 10.0. The maximum absolute atomic E-state index is 13.0. The highest BCUT2D eigenvalue weighted by molar-refractivity contribution is 7.45. The van der Waals surface area contributed by atoms with Gasteiger partial charge < -0.3 is 28.8 Å². The van der Waals surface area contributed by atoms with Gasteiger partial charge in [0.2, 0.25) is 5.91 Å². The van der Waals surface area contributed by atoms with E-state index in [0.29, 0.717) is 17.4 Å². The average molecular weight is 1180 g/mol. The second-order valence-corrected chi connectivity index (χ2v) is 28.4. The molecule has 0 bridgehead atoms. The van der Waals surface area contributed by atoms with Crippen molar-refractivity contribution in [3.63, 3.8) is 0 Å². The van der Waals surface area contributed by atoms with Crippen molar-refractivity contribution < 1.29 is 32.9 Å². The molecule has 0 heterocycles. The molecule has 0 fully saturated rings. The number of hydrogen-bond acceptors (Lipinski definition) is 6. The fraction of sp³-hybridized carbons (Fsp3) is 0.959. The molecule has 0 spiro atoms. The van der Waals surface area contributed by atoms with Crippen LogP contribution in [-0.4, -0.2) is 68.5 Å². The van der Waals surface area contributed by atoms with Gasteiger partial charge in [-0.3, -0.25) is 9.36 Å². The SMILES string of the molecule is CCCCCCCCCCCCCCCCCCCCCCCCCCCCCCCC/C=C/C(O)C(COP(=O)([O-])OCC[N+](C)(C)C)NC(=O)CCCCCCCCCCCCCCCCCCCCCCCCCCCCCC. The van der Waals surface area contributed by atoms with Gasteiger partial charge in [-0.25, -0.2) is 0 Å². The van der Waals surface area contributed by atoms with Crippen LogP contribution in [0.25, 0.3) is 0 Å². The van der Waals surface area contributed by atoms with Gasteiger partial charge in [0.05, 0.1) is 39.9 Å². The van der Waals surface area contributed by atoms with E-state index in [2.05, 4.69) is 19.2 Å². The molecule has 0 aliphatic heterocycles. The summed E-state index contributed by atoms with van der Waals surface area (Å²) in [6.07, 6.45) is 83.5. The van der Waals surface area contributed by atoms with Gasteiger partial charge in [-0.1, -0.05) is 386 Å². The summed E-state index contributed by atoms with van der Waals surface area (Å²) >= 11 is 0. The lowest BCUT2D eigenvalue weighted by Gasteiger charge is -2.29. The summed E-state index contributed by atoms with van der Waals surface area (Å²) in [7, 11) is 1.29. The number of likely N-dealkylation sites (N-methyl/N-ethyl adjacent to an activating group) is 1. The number of carbonyl (C=O) groups is 1. The molecule has 9 heteroatoms. The molecule has 490 valence electrons. The predicted molar refractivity (Wildman–Crippen MR) is 358 cm³/mol.